The number of halogens is 2. The van der Waals surface area contributed by atoms with Crippen molar-refractivity contribution in [1.82, 2.24) is 24.7 Å². The van der Waals surface area contributed by atoms with Crippen molar-refractivity contribution in [3.8, 4) is 0 Å². The van der Waals surface area contributed by atoms with Gasteiger partial charge in [-0.2, -0.15) is 0 Å². The van der Waals surface area contributed by atoms with Crippen LogP contribution in [0.2, 0.25) is 0 Å². The molecule has 154 valence electrons. The van der Waals surface area contributed by atoms with Crippen molar-refractivity contribution in [3.05, 3.63) is 65.1 Å². The van der Waals surface area contributed by atoms with Crippen molar-refractivity contribution in [1.29, 1.82) is 0 Å². The highest BCUT2D eigenvalue weighted by molar-refractivity contribution is 5.93. The fourth-order valence-electron chi connectivity index (χ4n) is 3.85. The average Bonchev–Trinajstić information content (AvgIpc) is 3.54. The van der Waals surface area contributed by atoms with E-state index >= 15 is 0 Å². The van der Waals surface area contributed by atoms with Gasteiger partial charge in [0.1, 0.15) is 17.2 Å². The molecule has 0 unspecified atom stereocenters. The third-order valence-corrected chi connectivity index (χ3v) is 5.55. The van der Waals surface area contributed by atoms with Crippen LogP contribution in [0.3, 0.4) is 0 Å². The van der Waals surface area contributed by atoms with Gasteiger partial charge in [0.2, 0.25) is 0 Å². The molecule has 1 fully saturated rings. The topological polar surface area (TPSA) is 72.2 Å². The van der Waals surface area contributed by atoms with Crippen molar-refractivity contribution in [2.24, 2.45) is 0 Å². The number of aryl methyl sites for hydroxylation is 1. The lowest BCUT2D eigenvalue weighted by atomic mass is 9.99. The predicted molar refractivity (Wildman–Crippen MR) is 108 cm³/mol. The number of fused-ring (bicyclic) bond motifs is 2. The first-order valence-electron chi connectivity index (χ1n) is 10.2. The number of hydrogen-bond acceptors (Lipinski definition) is 4. The van der Waals surface area contributed by atoms with Gasteiger partial charge in [0.05, 0.1) is 18.4 Å². The van der Waals surface area contributed by atoms with Gasteiger partial charge in [-0.15, -0.1) is 0 Å². The van der Waals surface area contributed by atoms with Crippen LogP contribution >= 0.6 is 0 Å². The Balaban J connectivity index is 1.52. The average molecular weight is 409 g/mol. The number of allylic oxidation sites excluding steroid dienone is 1. The molecular weight excluding hydrogens is 388 g/mol. The minimum Gasteiger partial charge on any atom is -0.345 e. The second-order valence-corrected chi connectivity index (χ2v) is 7.76. The first-order chi connectivity index (χ1) is 14.6. The predicted octanol–water partition coefficient (Wildman–Crippen LogP) is 3.76. The summed E-state index contributed by atoms with van der Waals surface area (Å²) in [6, 6.07) is 3.78. The number of pyridine rings is 1. The molecule has 2 aliphatic rings. The molecule has 0 bridgehead atoms. The van der Waals surface area contributed by atoms with Gasteiger partial charge in [0.15, 0.2) is 0 Å². The highest BCUT2D eigenvalue weighted by Crippen LogP contribution is 2.39. The molecule has 0 radical (unpaired) electrons. The van der Waals surface area contributed by atoms with E-state index in [-0.39, 0.29) is 5.69 Å². The number of alkyl halides is 2. The Morgan fingerprint density at radius 2 is 2.10 bits per heavy atom. The molecule has 3 aromatic rings. The smallest absolute Gasteiger partial charge is 0.270 e. The van der Waals surface area contributed by atoms with Crippen molar-refractivity contribution < 1.29 is 13.6 Å². The fourth-order valence-corrected chi connectivity index (χ4v) is 3.85. The summed E-state index contributed by atoms with van der Waals surface area (Å²) in [5, 5.41) is 2.24. The van der Waals surface area contributed by atoms with E-state index in [9.17, 15) is 13.6 Å². The maximum atomic E-state index is 12.5. The highest BCUT2D eigenvalue weighted by atomic mass is 19.3. The zero-order valence-corrected chi connectivity index (χ0v) is 16.3. The van der Waals surface area contributed by atoms with E-state index < -0.39 is 18.9 Å². The lowest BCUT2D eigenvalue weighted by Crippen LogP contribution is -2.29. The molecule has 1 N–H and O–H groups in total. The van der Waals surface area contributed by atoms with E-state index in [1.165, 1.54) is 6.20 Å². The van der Waals surface area contributed by atoms with Crippen LogP contribution < -0.4 is 5.32 Å². The Labute approximate surface area is 172 Å². The van der Waals surface area contributed by atoms with Crippen LogP contribution in [-0.2, 0) is 6.42 Å². The Morgan fingerprint density at radius 3 is 2.90 bits per heavy atom. The van der Waals surface area contributed by atoms with Crippen molar-refractivity contribution >= 4 is 17.1 Å². The summed E-state index contributed by atoms with van der Waals surface area (Å²) in [6.07, 6.45) is 9.91. The Bertz CT molecular complexity index is 1150. The zero-order chi connectivity index (χ0) is 20.7. The Hall–Kier alpha value is -3.16. The number of nitrogens with zero attached hydrogens (tertiary/aromatic N) is 4. The second kappa shape index (κ2) is 7.59. The van der Waals surface area contributed by atoms with E-state index in [1.807, 2.05) is 24.5 Å². The summed E-state index contributed by atoms with van der Waals surface area (Å²) in [7, 11) is 0. The maximum Gasteiger partial charge on any atom is 0.270 e. The maximum absolute atomic E-state index is 12.5. The number of nitrogens with one attached hydrogen (secondary N) is 1. The summed E-state index contributed by atoms with van der Waals surface area (Å²) < 4.78 is 26.6. The van der Waals surface area contributed by atoms with Gasteiger partial charge in [-0.1, -0.05) is 6.08 Å². The minimum absolute atomic E-state index is 0.224. The second-order valence-electron chi connectivity index (χ2n) is 7.76. The molecule has 1 amide bonds. The van der Waals surface area contributed by atoms with Gasteiger partial charge in [-0.25, -0.2) is 23.7 Å². The van der Waals surface area contributed by atoms with Crippen LogP contribution in [0.1, 0.15) is 64.7 Å². The Kier molecular flexibility index (Phi) is 4.77. The van der Waals surface area contributed by atoms with E-state index in [4.69, 9.17) is 4.98 Å². The molecule has 0 atom stereocenters. The molecule has 8 heteroatoms. The number of imidazole rings is 1. The van der Waals surface area contributed by atoms with Crippen LogP contribution in [-0.4, -0.2) is 38.2 Å². The number of carbonyl (C=O) groups excluding carboxylic acids is 1. The van der Waals surface area contributed by atoms with Gasteiger partial charge in [-0.05, 0) is 55.4 Å². The molecule has 6 nitrogen and oxygen atoms in total. The minimum atomic E-state index is -2.60. The zero-order valence-electron chi connectivity index (χ0n) is 16.3. The fraction of sp³-hybridized carbons (Fsp3) is 0.364. The molecule has 0 aliphatic heterocycles. The molecule has 0 saturated heterocycles. The molecule has 3 aromatic heterocycles. The van der Waals surface area contributed by atoms with Gasteiger partial charge in [0.25, 0.3) is 12.3 Å². The van der Waals surface area contributed by atoms with Crippen LogP contribution in [0.5, 0.6) is 0 Å². The highest BCUT2D eigenvalue weighted by Gasteiger charge is 2.28. The third kappa shape index (κ3) is 3.58. The van der Waals surface area contributed by atoms with E-state index in [0.717, 1.165) is 60.3 Å². The van der Waals surface area contributed by atoms with Crippen LogP contribution in [0, 0.1) is 0 Å². The molecule has 5 rings (SSSR count). The van der Waals surface area contributed by atoms with E-state index in [2.05, 4.69) is 21.4 Å². The third-order valence-electron chi connectivity index (χ3n) is 5.55. The number of hydrogen-bond donors (Lipinski definition) is 1. The SMILES string of the molecule is O=C(NCC(F)F)c1cnc2ccc(C3=CCCCc4nc(C5CC5)ncc43)cn12. The first kappa shape index (κ1) is 18.8. The molecule has 0 aromatic carbocycles. The van der Waals surface area contributed by atoms with E-state index in [1.54, 1.807) is 4.40 Å². The van der Waals surface area contributed by atoms with Crippen molar-refractivity contribution in [3.63, 3.8) is 0 Å². The number of aromatic nitrogens is 4. The summed E-state index contributed by atoms with van der Waals surface area (Å²) in [5.41, 5.74) is 4.82. The van der Waals surface area contributed by atoms with Crippen molar-refractivity contribution in [2.45, 2.75) is 44.4 Å². The lowest BCUT2D eigenvalue weighted by molar-refractivity contribution is 0.0886. The molecule has 3 heterocycles. The summed E-state index contributed by atoms with van der Waals surface area (Å²) >= 11 is 0. The molecule has 30 heavy (non-hydrogen) atoms. The van der Waals surface area contributed by atoms with E-state index in [0.29, 0.717) is 11.6 Å². The van der Waals surface area contributed by atoms with Gasteiger partial charge in [-0.3, -0.25) is 9.20 Å². The van der Waals surface area contributed by atoms with Crippen molar-refractivity contribution in [2.75, 3.05) is 6.54 Å². The standard InChI is InChI=1S/C22H21F2N5O/c23-19(24)11-27-22(30)18-10-25-20-8-7-14(12-29(18)20)15-3-1-2-4-17-16(15)9-26-21(28-17)13-5-6-13/h3,7-10,12-13,19H,1-2,4-6,11H2,(H,27,30). The van der Waals surface area contributed by atoms with Crippen LogP contribution in [0.4, 0.5) is 8.78 Å². The monoisotopic (exact) mass is 409 g/mol. The molecule has 0 spiro atoms. The Morgan fingerprint density at radius 1 is 1.23 bits per heavy atom. The molecule has 2 aliphatic carbocycles. The number of amides is 1. The normalized spacial score (nSPS) is 16.3. The summed E-state index contributed by atoms with van der Waals surface area (Å²) in [6.45, 7) is -0.690. The van der Waals surface area contributed by atoms with Crippen LogP contribution in [0.25, 0.3) is 11.2 Å². The lowest BCUT2D eigenvalue weighted by Gasteiger charge is -2.12. The summed E-state index contributed by atoms with van der Waals surface area (Å²) in [5.74, 6) is 0.869. The molecule has 1 saturated carbocycles. The quantitative estimate of drug-likeness (QED) is 0.696. The van der Waals surface area contributed by atoms with Gasteiger partial charge < -0.3 is 5.32 Å². The molecular formula is C22H21F2N5O. The van der Waals surface area contributed by atoms with Crippen LogP contribution in [0.15, 0.2) is 36.8 Å². The van der Waals surface area contributed by atoms with Gasteiger partial charge in [0, 0.05) is 23.9 Å². The first-order valence-corrected chi connectivity index (χ1v) is 10.2. The largest absolute Gasteiger partial charge is 0.345 e. The summed E-state index contributed by atoms with van der Waals surface area (Å²) in [4.78, 5) is 26.0. The number of carbonyl (C=O) groups is 1. The number of rotatable bonds is 5. The van der Waals surface area contributed by atoms with Gasteiger partial charge >= 0.3 is 0 Å².